The van der Waals surface area contributed by atoms with E-state index in [9.17, 15) is 13.2 Å². The number of ether oxygens (including phenoxy) is 2. The summed E-state index contributed by atoms with van der Waals surface area (Å²) in [5.41, 5.74) is 8.55. The van der Waals surface area contributed by atoms with Gasteiger partial charge in [-0.3, -0.25) is 4.79 Å². The Kier molecular flexibility index (Phi) is 5.87. The molecule has 0 spiro atoms. The first-order valence-corrected chi connectivity index (χ1v) is 11.6. The lowest BCUT2D eigenvalue weighted by molar-refractivity contribution is 0.0303. The van der Waals surface area contributed by atoms with Crippen molar-refractivity contribution in [3.63, 3.8) is 0 Å². The molecule has 2 N–H and O–H groups in total. The van der Waals surface area contributed by atoms with Crippen LogP contribution in [-0.4, -0.2) is 68.5 Å². The highest BCUT2D eigenvalue weighted by Crippen LogP contribution is 2.29. The van der Waals surface area contributed by atoms with Crippen LogP contribution in [0.25, 0.3) is 0 Å². The van der Waals surface area contributed by atoms with Crippen LogP contribution in [0.4, 0.5) is 5.82 Å². The molecule has 166 valence electrons. The fourth-order valence-corrected chi connectivity index (χ4v) is 5.44. The second kappa shape index (κ2) is 8.45. The van der Waals surface area contributed by atoms with E-state index in [0.29, 0.717) is 56.1 Å². The minimum Gasteiger partial charge on any atom is -0.496 e. The normalized spacial score (nSPS) is 17.3. The fourth-order valence-electron chi connectivity index (χ4n) is 3.94. The van der Waals surface area contributed by atoms with Gasteiger partial charge in [0, 0.05) is 38.3 Å². The van der Waals surface area contributed by atoms with Gasteiger partial charge in [-0.2, -0.15) is 4.31 Å². The smallest absolute Gasteiger partial charge is 0.257 e. The number of aryl methyl sites for hydroxylation is 1. The van der Waals surface area contributed by atoms with Crippen molar-refractivity contribution >= 4 is 21.7 Å². The molecule has 0 bridgehead atoms. The van der Waals surface area contributed by atoms with Crippen LogP contribution < -0.4 is 10.5 Å². The third kappa shape index (κ3) is 4.10. The van der Waals surface area contributed by atoms with Gasteiger partial charge in [0.15, 0.2) is 0 Å². The molecule has 0 aliphatic carbocycles. The summed E-state index contributed by atoms with van der Waals surface area (Å²) in [6.07, 6.45) is 0.430. The van der Waals surface area contributed by atoms with E-state index in [1.54, 1.807) is 43.2 Å². The van der Waals surface area contributed by atoms with Gasteiger partial charge in [-0.1, -0.05) is 0 Å². The van der Waals surface area contributed by atoms with Crippen LogP contribution in [0.5, 0.6) is 5.75 Å². The Hall–Kier alpha value is -2.69. The number of nitrogen functional groups attached to an aromatic ring is 1. The van der Waals surface area contributed by atoms with Gasteiger partial charge in [0.1, 0.15) is 11.6 Å². The highest BCUT2D eigenvalue weighted by Gasteiger charge is 2.31. The largest absolute Gasteiger partial charge is 0.496 e. The van der Waals surface area contributed by atoms with Gasteiger partial charge in [-0.25, -0.2) is 13.4 Å². The number of anilines is 1. The summed E-state index contributed by atoms with van der Waals surface area (Å²) in [5.74, 6) is 0.605. The van der Waals surface area contributed by atoms with Gasteiger partial charge < -0.3 is 20.1 Å². The number of sulfonamides is 1. The number of rotatable bonds is 4. The van der Waals surface area contributed by atoms with E-state index in [1.807, 2.05) is 0 Å². The first kappa shape index (κ1) is 21.5. The van der Waals surface area contributed by atoms with Gasteiger partial charge >= 0.3 is 0 Å². The van der Waals surface area contributed by atoms with Crippen LogP contribution in [0.1, 0.15) is 27.2 Å². The summed E-state index contributed by atoms with van der Waals surface area (Å²) in [6.45, 7) is 4.19. The number of pyridine rings is 1. The molecule has 0 radical (unpaired) electrons. The van der Waals surface area contributed by atoms with Crippen molar-refractivity contribution in [3.05, 3.63) is 46.6 Å². The fraction of sp³-hybridized carbons (Fsp3) is 0.429. The molecule has 0 unspecified atom stereocenters. The maximum Gasteiger partial charge on any atom is 0.257 e. The summed E-state index contributed by atoms with van der Waals surface area (Å²) >= 11 is 0. The van der Waals surface area contributed by atoms with Crippen LogP contribution in [0, 0.1) is 6.92 Å². The molecule has 0 saturated carbocycles. The molecule has 2 aliphatic heterocycles. The molecular weight excluding hydrogens is 420 g/mol. The monoisotopic (exact) mass is 446 g/mol. The molecular formula is C21H26N4O5S. The first-order valence-electron chi connectivity index (χ1n) is 10.1. The number of hydrogen-bond donors (Lipinski definition) is 1. The quantitative estimate of drug-likeness (QED) is 0.750. The number of carbonyl (C=O) groups excluding carboxylic acids is 1. The molecule has 1 fully saturated rings. The van der Waals surface area contributed by atoms with E-state index in [-0.39, 0.29) is 23.2 Å². The van der Waals surface area contributed by atoms with Crippen LogP contribution in [0.3, 0.4) is 0 Å². The zero-order chi connectivity index (χ0) is 22.2. The van der Waals surface area contributed by atoms with Gasteiger partial charge in [-0.05, 0) is 42.3 Å². The lowest BCUT2D eigenvalue weighted by Gasteiger charge is -2.30. The van der Waals surface area contributed by atoms with E-state index in [2.05, 4.69) is 4.98 Å². The van der Waals surface area contributed by atoms with Gasteiger partial charge in [0.25, 0.3) is 5.91 Å². The summed E-state index contributed by atoms with van der Waals surface area (Å²) in [7, 11) is -2.16. The molecule has 3 heterocycles. The van der Waals surface area contributed by atoms with Gasteiger partial charge in [0.2, 0.25) is 10.0 Å². The molecule has 1 aromatic carbocycles. The van der Waals surface area contributed by atoms with E-state index < -0.39 is 10.0 Å². The van der Waals surface area contributed by atoms with Crippen molar-refractivity contribution in [1.29, 1.82) is 0 Å². The van der Waals surface area contributed by atoms with E-state index >= 15 is 0 Å². The number of hydrogen-bond acceptors (Lipinski definition) is 7. The van der Waals surface area contributed by atoms with E-state index in [4.69, 9.17) is 15.2 Å². The third-order valence-corrected chi connectivity index (χ3v) is 7.54. The minimum atomic E-state index is -3.71. The standard InChI is InChI=1S/C21H26N4O5S/c1-14-11-16(3-4-19(14)29-2)31(27,28)25-6-5-18-15(13-25)12-17(20(22)23-18)21(26)24-7-9-30-10-8-24/h3-4,11-12H,5-10,13H2,1-2H3,(H2,22,23). The van der Waals surface area contributed by atoms with Crippen LogP contribution in [0.2, 0.25) is 0 Å². The number of carbonyl (C=O) groups is 1. The Morgan fingerprint density at radius 3 is 2.61 bits per heavy atom. The number of nitrogens with two attached hydrogens (primary N) is 1. The second-order valence-corrected chi connectivity index (χ2v) is 9.59. The number of methoxy groups -OCH3 is 1. The number of morpholine rings is 1. The maximum absolute atomic E-state index is 13.2. The number of nitrogens with zero attached hydrogens (tertiary/aromatic N) is 3. The summed E-state index contributed by atoms with van der Waals surface area (Å²) in [5, 5.41) is 0. The number of aromatic nitrogens is 1. The van der Waals surface area contributed by atoms with Crippen molar-refractivity contribution in [2.45, 2.75) is 24.8 Å². The van der Waals surface area contributed by atoms with Crippen molar-refractivity contribution < 1.29 is 22.7 Å². The number of fused-ring (bicyclic) bond motifs is 1. The van der Waals surface area contributed by atoms with Crippen LogP contribution in [-0.2, 0) is 27.7 Å². The van der Waals surface area contributed by atoms with E-state index in [1.165, 1.54) is 4.31 Å². The van der Waals surface area contributed by atoms with Crippen molar-refractivity contribution in [2.24, 2.45) is 0 Å². The van der Waals surface area contributed by atoms with Gasteiger partial charge in [-0.15, -0.1) is 0 Å². The molecule has 1 saturated heterocycles. The summed E-state index contributed by atoms with van der Waals surface area (Å²) in [4.78, 5) is 19.2. The highest BCUT2D eigenvalue weighted by molar-refractivity contribution is 7.89. The molecule has 0 atom stereocenters. The zero-order valence-electron chi connectivity index (χ0n) is 17.6. The summed E-state index contributed by atoms with van der Waals surface area (Å²) < 4.78 is 38.4. The average molecular weight is 447 g/mol. The molecule has 9 nitrogen and oxygen atoms in total. The Labute approximate surface area is 181 Å². The minimum absolute atomic E-state index is 0.138. The molecule has 1 aromatic heterocycles. The molecule has 1 amide bonds. The Morgan fingerprint density at radius 2 is 1.94 bits per heavy atom. The van der Waals surface area contributed by atoms with Crippen molar-refractivity contribution in [3.8, 4) is 5.75 Å². The topological polar surface area (TPSA) is 115 Å². The van der Waals surface area contributed by atoms with Crippen LogP contribution >= 0.6 is 0 Å². The maximum atomic E-state index is 13.2. The zero-order valence-corrected chi connectivity index (χ0v) is 18.4. The van der Waals surface area contributed by atoms with Crippen LogP contribution in [0.15, 0.2) is 29.2 Å². The van der Waals surface area contributed by atoms with Crippen molar-refractivity contribution in [1.82, 2.24) is 14.2 Å². The molecule has 4 rings (SSSR count). The number of benzene rings is 1. The van der Waals surface area contributed by atoms with Gasteiger partial charge in [0.05, 0.1) is 30.8 Å². The Balaban J connectivity index is 1.61. The average Bonchev–Trinajstić information content (AvgIpc) is 2.78. The molecule has 2 aliphatic rings. The summed E-state index contributed by atoms with van der Waals surface area (Å²) in [6, 6.07) is 6.50. The molecule has 10 heteroatoms. The first-order chi connectivity index (χ1) is 14.8. The number of amides is 1. The Morgan fingerprint density at radius 1 is 1.19 bits per heavy atom. The predicted octanol–water partition coefficient (Wildman–Crippen LogP) is 1.20. The van der Waals surface area contributed by atoms with E-state index in [0.717, 1.165) is 11.3 Å². The lowest BCUT2D eigenvalue weighted by Crippen LogP contribution is -2.41. The lowest BCUT2D eigenvalue weighted by atomic mass is 10.0. The third-order valence-electron chi connectivity index (χ3n) is 5.70. The SMILES string of the molecule is COc1ccc(S(=O)(=O)N2CCc3nc(N)c(C(=O)N4CCOCC4)cc3C2)cc1C. The van der Waals surface area contributed by atoms with Crippen molar-refractivity contribution in [2.75, 3.05) is 45.7 Å². The molecule has 2 aromatic rings. The Bertz CT molecular complexity index is 1110. The predicted molar refractivity (Wildman–Crippen MR) is 114 cm³/mol. The second-order valence-electron chi connectivity index (χ2n) is 7.65. The highest BCUT2D eigenvalue weighted by atomic mass is 32.2. The molecule has 31 heavy (non-hydrogen) atoms.